The van der Waals surface area contributed by atoms with Crippen LogP contribution in [0.4, 0.5) is 0 Å². The molecule has 2 aromatic rings. The number of aromatic nitrogens is 1. The molecule has 20 heavy (non-hydrogen) atoms. The molecule has 0 atom stereocenters. The van der Waals surface area contributed by atoms with Crippen LogP contribution in [-0.2, 0) is 11.3 Å². The van der Waals surface area contributed by atoms with Crippen LogP contribution in [0.1, 0.15) is 29.8 Å². The van der Waals surface area contributed by atoms with Crippen LogP contribution < -0.4 is 17.0 Å². The summed E-state index contributed by atoms with van der Waals surface area (Å²) in [6.07, 6.45) is 3.66. The van der Waals surface area contributed by atoms with E-state index in [4.69, 9.17) is 4.74 Å². The maximum absolute atomic E-state index is 11.8. The largest absolute Gasteiger partial charge is 1.00 e. The second-order valence-electron chi connectivity index (χ2n) is 4.70. The fourth-order valence-electron chi connectivity index (χ4n) is 1.82. The number of pyridine rings is 1. The van der Waals surface area contributed by atoms with Crippen LogP contribution in [0.5, 0.6) is 0 Å². The Labute approximate surface area is 125 Å². The summed E-state index contributed by atoms with van der Waals surface area (Å²) in [4.78, 5) is 11.8. The molecule has 0 bridgehead atoms. The highest BCUT2D eigenvalue weighted by atomic mass is 35.5. The molecule has 1 heterocycles. The molecule has 106 valence electrons. The van der Waals surface area contributed by atoms with Gasteiger partial charge in [-0.1, -0.05) is 30.3 Å². The molecule has 3 nitrogen and oxygen atoms in total. The average Bonchev–Trinajstić information content (AvgIpc) is 2.39. The summed E-state index contributed by atoms with van der Waals surface area (Å²) < 4.78 is 7.17. The highest BCUT2D eigenvalue weighted by Gasteiger charge is 2.13. The Hall–Kier alpha value is -1.87. The van der Waals surface area contributed by atoms with Gasteiger partial charge in [0.05, 0.1) is 6.10 Å². The predicted molar refractivity (Wildman–Crippen MR) is 72.7 cm³/mol. The van der Waals surface area contributed by atoms with E-state index in [1.54, 1.807) is 6.07 Å². The predicted octanol–water partition coefficient (Wildman–Crippen LogP) is -0.408. The summed E-state index contributed by atoms with van der Waals surface area (Å²) in [7, 11) is 0. The van der Waals surface area contributed by atoms with Crippen molar-refractivity contribution >= 4 is 5.97 Å². The smallest absolute Gasteiger partial charge is 0.344 e. The van der Waals surface area contributed by atoms with Crippen molar-refractivity contribution in [3.63, 3.8) is 0 Å². The highest BCUT2D eigenvalue weighted by molar-refractivity contribution is 5.88. The second kappa shape index (κ2) is 7.65. The molecule has 0 aliphatic carbocycles. The topological polar surface area (TPSA) is 30.2 Å². The summed E-state index contributed by atoms with van der Waals surface area (Å²) in [6.45, 7) is 4.43. The Morgan fingerprint density at radius 2 is 1.85 bits per heavy atom. The molecule has 0 radical (unpaired) electrons. The fraction of sp³-hybridized carbons (Fsp3) is 0.250. The first-order chi connectivity index (χ1) is 9.15. The van der Waals surface area contributed by atoms with Gasteiger partial charge in [-0.2, -0.15) is 4.57 Å². The van der Waals surface area contributed by atoms with Crippen molar-refractivity contribution in [2.24, 2.45) is 0 Å². The molecule has 0 saturated carbocycles. The van der Waals surface area contributed by atoms with Crippen molar-refractivity contribution in [2.75, 3.05) is 0 Å². The Morgan fingerprint density at radius 3 is 2.50 bits per heavy atom. The van der Waals surface area contributed by atoms with E-state index in [9.17, 15) is 4.79 Å². The molecule has 0 aliphatic rings. The summed E-state index contributed by atoms with van der Waals surface area (Å²) >= 11 is 0. The number of carbonyl (C=O) groups is 1. The normalized spacial score (nSPS) is 9.95. The quantitative estimate of drug-likeness (QED) is 0.566. The third-order valence-electron chi connectivity index (χ3n) is 2.64. The molecule has 0 unspecified atom stereocenters. The molecule has 0 amide bonds. The van der Waals surface area contributed by atoms with E-state index in [1.165, 1.54) is 5.56 Å². The molecule has 1 aromatic carbocycles. The van der Waals surface area contributed by atoms with Gasteiger partial charge in [0, 0.05) is 11.6 Å². The summed E-state index contributed by atoms with van der Waals surface area (Å²) in [6, 6.07) is 13.8. The zero-order valence-corrected chi connectivity index (χ0v) is 12.4. The maximum Gasteiger partial charge on any atom is 0.344 e. The van der Waals surface area contributed by atoms with Crippen LogP contribution in [0.2, 0.25) is 0 Å². The SMILES string of the molecule is CC(C)OC(=O)c1ccc[n+](Cc2ccccc2)c1.[Cl-]. The zero-order valence-electron chi connectivity index (χ0n) is 11.6. The van der Waals surface area contributed by atoms with Gasteiger partial charge in [-0.25, -0.2) is 4.79 Å². The molecular formula is C16H18ClNO2. The van der Waals surface area contributed by atoms with E-state index < -0.39 is 0 Å². The number of hydrogen-bond acceptors (Lipinski definition) is 2. The third kappa shape index (κ3) is 4.67. The highest BCUT2D eigenvalue weighted by Crippen LogP contribution is 2.02. The van der Waals surface area contributed by atoms with Gasteiger partial charge in [-0.3, -0.25) is 0 Å². The number of ether oxygens (including phenoxy) is 1. The van der Waals surface area contributed by atoms with E-state index >= 15 is 0 Å². The molecule has 0 spiro atoms. The number of halogens is 1. The van der Waals surface area contributed by atoms with Gasteiger partial charge in [0.15, 0.2) is 18.9 Å². The minimum Gasteiger partial charge on any atom is -1.00 e. The molecule has 0 fully saturated rings. The van der Waals surface area contributed by atoms with Crippen LogP contribution >= 0.6 is 0 Å². The standard InChI is InChI=1S/C16H18NO2.ClH/c1-13(2)19-16(18)15-9-6-10-17(12-15)11-14-7-4-3-5-8-14;/h3-10,12-13H,11H2,1-2H3;1H/q+1;/p-1. The third-order valence-corrected chi connectivity index (χ3v) is 2.64. The molecule has 2 rings (SSSR count). The lowest BCUT2D eigenvalue weighted by Gasteiger charge is -2.06. The number of rotatable bonds is 4. The Bertz CT molecular complexity index is 555. The van der Waals surface area contributed by atoms with Crippen molar-refractivity contribution in [1.29, 1.82) is 0 Å². The van der Waals surface area contributed by atoms with E-state index in [1.807, 2.05) is 55.1 Å². The van der Waals surface area contributed by atoms with Crippen molar-refractivity contribution < 1.29 is 26.5 Å². The Morgan fingerprint density at radius 1 is 1.15 bits per heavy atom. The Kier molecular flexibility index (Phi) is 6.19. The summed E-state index contributed by atoms with van der Waals surface area (Å²) in [5, 5.41) is 0. The first kappa shape index (κ1) is 16.2. The Balaban J connectivity index is 0.00000200. The van der Waals surface area contributed by atoms with Gasteiger partial charge in [0.2, 0.25) is 0 Å². The van der Waals surface area contributed by atoms with Crippen LogP contribution in [-0.4, -0.2) is 12.1 Å². The lowest BCUT2D eigenvalue weighted by molar-refractivity contribution is -0.688. The zero-order chi connectivity index (χ0) is 13.7. The minimum atomic E-state index is -0.280. The van der Waals surface area contributed by atoms with Crippen LogP contribution in [0, 0.1) is 0 Å². The lowest BCUT2D eigenvalue weighted by Crippen LogP contribution is -3.00. The molecule has 0 aliphatic heterocycles. The molecule has 4 heteroatoms. The van der Waals surface area contributed by atoms with Gasteiger partial charge in [-0.15, -0.1) is 0 Å². The van der Waals surface area contributed by atoms with Gasteiger partial charge in [0.1, 0.15) is 5.56 Å². The fourth-order valence-corrected chi connectivity index (χ4v) is 1.82. The van der Waals surface area contributed by atoms with Gasteiger partial charge < -0.3 is 17.1 Å². The van der Waals surface area contributed by atoms with Crippen LogP contribution in [0.25, 0.3) is 0 Å². The summed E-state index contributed by atoms with van der Waals surface area (Å²) in [5.74, 6) is -0.280. The van der Waals surface area contributed by atoms with Gasteiger partial charge in [-0.05, 0) is 19.9 Å². The minimum absolute atomic E-state index is 0. The van der Waals surface area contributed by atoms with Crippen molar-refractivity contribution in [1.82, 2.24) is 0 Å². The second-order valence-corrected chi connectivity index (χ2v) is 4.70. The van der Waals surface area contributed by atoms with Crippen LogP contribution in [0.15, 0.2) is 54.9 Å². The lowest BCUT2D eigenvalue weighted by atomic mass is 10.2. The van der Waals surface area contributed by atoms with Crippen molar-refractivity contribution in [3.8, 4) is 0 Å². The number of nitrogens with zero attached hydrogens (tertiary/aromatic N) is 1. The van der Waals surface area contributed by atoms with Crippen molar-refractivity contribution in [3.05, 3.63) is 66.0 Å². The molecule has 0 N–H and O–H groups in total. The van der Waals surface area contributed by atoms with E-state index in [0.29, 0.717) is 5.56 Å². The van der Waals surface area contributed by atoms with E-state index in [-0.39, 0.29) is 24.5 Å². The number of benzene rings is 1. The number of esters is 1. The summed E-state index contributed by atoms with van der Waals surface area (Å²) in [5.41, 5.74) is 1.77. The van der Waals surface area contributed by atoms with E-state index in [0.717, 1.165) is 6.54 Å². The van der Waals surface area contributed by atoms with Gasteiger partial charge >= 0.3 is 5.97 Å². The van der Waals surface area contributed by atoms with E-state index in [2.05, 4.69) is 12.1 Å². The monoisotopic (exact) mass is 291 g/mol. The van der Waals surface area contributed by atoms with Crippen molar-refractivity contribution in [2.45, 2.75) is 26.5 Å². The molecular weight excluding hydrogens is 274 g/mol. The van der Waals surface area contributed by atoms with Gasteiger partial charge in [0.25, 0.3) is 0 Å². The maximum atomic E-state index is 11.8. The number of hydrogen-bond donors (Lipinski definition) is 0. The first-order valence-electron chi connectivity index (χ1n) is 6.39. The first-order valence-corrected chi connectivity index (χ1v) is 6.39. The number of carbonyl (C=O) groups excluding carboxylic acids is 1. The average molecular weight is 292 g/mol. The molecule has 1 aromatic heterocycles. The van der Waals surface area contributed by atoms with Crippen LogP contribution in [0.3, 0.4) is 0 Å². The molecule has 0 saturated heterocycles.